The van der Waals surface area contributed by atoms with Gasteiger partial charge in [-0.25, -0.2) is 12.7 Å². The van der Waals surface area contributed by atoms with Gasteiger partial charge in [-0.1, -0.05) is 41.4 Å². The van der Waals surface area contributed by atoms with Crippen LogP contribution in [-0.2, 0) is 10.0 Å². The minimum absolute atomic E-state index is 0.0232. The molecule has 1 atom stereocenters. The van der Waals surface area contributed by atoms with Crippen molar-refractivity contribution in [2.75, 3.05) is 14.1 Å². The second-order valence-electron chi connectivity index (χ2n) is 6.03. The zero-order chi connectivity index (χ0) is 18.8. The lowest BCUT2D eigenvalue weighted by Crippen LogP contribution is -2.28. The Balaban J connectivity index is 2.28. The molecule has 0 aromatic heterocycles. The smallest absolute Gasteiger partial charge is 0.253 e. The average Bonchev–Trinajstić information content (AvgIpc) is 2.55. The third-order valence-corrected chi connectivity index (χ3v) is 6.03. The van der Waals surface area contributed by atoms with Crippen LogP contribution in [0.4, 0.5) is 0 Å². The summed E-state index contributed by atoms with van der Waals surface area (Å²) in [5.74, 6) is -0.422. The number of carbonyl (C=O) groups is 1. The Morgan fingerprint density at radius 3 is 2.28 bits per heavy atom. The van der Waals surface area contributed by atoms with E-state index in [1.54, 1.807) is 0 Å². The van der Waals surface area contributed by atoms with Gasteiger partial charge >= 0.3 is 0 Å². The number of nitrogens with one attached hydrogen (secondary N) is 1. The van der Waals surface area contributed by atoms with Crippen LogP contribution in [0.5, 0.6) is 0 Å². The number of hydrogen-bond donors (Lipinski definition) is 1. The zero-order valence-electron chi connectivity index (χ0n) is 14.6. The van der Waals surface area contributed by atoms with E-state index in [0.29, 0.717) is 0 Å². The summed E-state index contributed by atoms with van der Waals surface area (Å²) in [4.78, 5) is 12.6. The second kappa shape index (κ2) is 7.56. The van der Waals surface area contributed by atoms with E-state index in [0.717, 1.165) is 15.4 Å². The number of amides is 1. The molecule has 1 amide bonds. The minimum Gasteiger partial charge on any atom is -0.345 e. The number of rotatable bonds is 5. The molecule has 0 saturated carbocycles. The van der Waals surface area contributed by atoms with E-state index in [9.17, 15) is 13.2 Å². The third kappa shape index (κ3) is 4.39. The largest absolute Gasteiger partial charge is 0.345 e. The van der Waals surface area contributed by atoms with E-state index < -0.39 is 15.9 Å². The first-order chi connectivity index (χ1) is 11.6. The molecule has 0 radical (unpaired) electrons. The molecule has 2 rings (SSSR count). The lowest BCUT2D eigenvalue weighted by Gasteiger charge is -2.16. The van der Waals surface area contributed by atoms with Gasteiger partial charge in [-0.05, 0) is 37.6 Å². The van der Waals surface area contributed by atoms with Crippen LogP contribution in [0, 0.1) is 6.92 Å². The van der Waals surface area contributed by atoms with Crippen LogP contribution in [0.15, 0.2) is 47.4 Å². The fourth-order valence-electron chi connectivity index (χ4n) is 2.26. The highest BCUT2D eigenvalue weighted by Crippen LogP contribution is 2.23. The Hall–Kier alpha value is -1.89. The molecule has 0 heterocycles. The first-order valence-electron chi connectivity index (χ1n) is 7.72. The van der Waals surface area contributed by atoms with Crippen LogP contribution in [-0.4, -0.2) is 32.7 Å². The Kier molecular flexibility index (Phi) is 5.87. The highest BCUT2D eigenvalue weighted by atomic mass is 35.5. The summed E-state index contributed by atoms with van der Waals surface area (Å²) in [5.41, 5.74) is 2.21. The fourth-order valence-corrected chi connectivity index (χ4v) is 3.39. The van der Waals surface area contributed by atoms with E-state index >= 15 is 0 Å². The summed E-state index contributed by atoms with van der Waals surface area (Å²) >= 11 is 6.10. The Morgan fingerprint density at radius 1 is 1.12 bits per heavy atom. The van der Waals surface area contributed by atoms with Crippen LogP contribution in [0.25, 0.3) is 0 Å². The van der Waals surface area contributed by atoms with Gasteiger partial charge in [-0.3, -0.25) is 4.79 Å². The molecule has 5 nitrogen and oxygen atoms in total. The van der Waals surface area contributed by atoms with E-state index in [1.165, 1.54) is 32.3 Å². The van der Waals surface area contributed by atoms with Gasteiger partial charge in [-0.15, -0.1) is 0 Å². The van der Waals surface area contributed by atoms with Crippen LogP contribution in [0.3, 0.4) is 0 Å². The number of halogens is 1. The topological polar surface area (TPSA) is 66.5 Å². The molecule has 0 bridgehead atoms. The predicted molar refractivity (Wildman–Crippen MR) is 99.4 cm³/mol. The van der Waals surface area contributed by atoms with Gasteiger partial charge in [0.15, 0.2) is 0 Å². The standard InChI is InChI=1S/C18H21ClN2O3S/c1-12-5-7-14(8-6-12)13(2)20-18(22)16-11-15(9-10-17(16)19)25(23,24)21(3)4/h5-11,13H,1-4H3,(H,20,22). The molecule has 25 heavy (non-hydrogen) atoms. The lowest BCUT2D eigenvalue weighted by atomic mass is 10.1. The SMILES string of the molecule is Cc1ccc(C(C)NC(=O)c2cc(S(=O)(=O)N(C)C)ccc2Cl)cc1. The van der Waals surface area contributed by atoms with E-state index in [-0.39, 0.29) is 21.5 Å². The maximum absolute atomic E-state index is 12.6. The number of hydrogen-bond acceptors (Lipinski definition) is 3. The van der Waals surface area contributed by atoms with Gasteiger partial charge in [0, 0.05) is 14.1 Å². The first kappa shape index (κ1) is 19.4. The molecule has 0 aliphatic heterocycles. The van der Waals surface area contributed by atoms with Crippen LogP contribution >= 0.6 is 11.6 Å². The highest BCUT2D eigenvalue weighted by Gasteiger charge is 2.21. The van der Waals surface area contributed by atoms with Gasteiger partial charge in [-0.2, -0.15) is 0 Å². The Morgan fingerprint density at radius 2 is 1.72 bits per heavy atom. The van der Waals surface area contributed by atoms with E-state index in [4.69, 9.17) is 11.6 Å². The van der Waals surface area contributed by atoms with Crippen LogP contribution in [0.2, 0.25) is 5.02 Å². The summed E-state index contributed by atoms with van der Waals surface area (Å²) in [7, 11) is -0.773. The Labute approximate surface area is 153 Å². The van der Waals surface area contributed by atoms with Crippen molar-refractivity contribution in [2.24, 2.45) is 0 Å². The van der Waals surface area contributed by atoms with Gasteiger partial charge < -0.3 is 5.32 Å². The predicted octanol–water partition coefficient (Wildman–Crippen LogP) is 3.39. The van der Waals surface area contributed by atoms with E-state index in [2.05, 4.69) is 5.32 Å². The quantitative estimate of drug-likeness (QED) is 0.864. The summed E-state index contributed by atoms with van der Waals surface area (Å²) in [6.45, 7) is 3.85. The lowest BCUT2D eigenvalue weighted by molar-refractivity contribution is 0.0940. The number of carbonyl (C=O) groups excluding carboxylic acids is 1. The normalized spacial score (nSPS) is 12.9. The van der Waals surface area contributed by atoms with Gasteiger partial charge in [0.05, 0.1) is 21.5 Å². The summed E-state index contributed by atoms with van der Waals surface area (Å²) in [6.07, 6.45) is 0. The van der Waals surface area contributed by atoms with Gasteiger partial charge in [0.25, 0.3) is 5.91 Å². The molecule has 0 aliphatic rings. The summed E-state index contributed by atoms with van der Waals surface area (Å²) in [5, 5.41) is 3.05. The van der Waals surface area contributed by atoms with Crippen molar-refractivity contribution in [3.05, 3.63) is 64.2 Å². The van der Waals surface area contributed by atoms with Crippen LogP contribution in [0.1, 0.15) is 34.5 Å². The van der Waals surface area contributed by atoms with Crippen molar-refractivity contribution in [1.82, 2.24) is 9.62 Å². The highest BCUT2D eigenvalue weighted by molar-refractivity contribution is 7.89. The average molecular weight is 381 g/mol. The molecule has 0 spiro atoms. The molecule has 0 fully saturated rings. The van der Waals surface area contributed by atoms with Gasteiger partial charge in [0.2, 0.25) is 10.0 Å². The molecule has 0 aliphatic carbocycles. The number of sulfonamides is 1. The van der Waals surface area contributed by atoms with Gasteiger partial charge in [0.1, 0.15) is 0 Å². The molecule has 7 heteroatoms. The molecule has 2 aromatic rings. The van der Waals surface area contributed by atoms with Crippen molar-refractivity contribution in [3.8, 4) is 0 Å². The number of aryl methyl sites for hydroxylation is 1. The monoisotopic (exact) mass is 380 g/mol. The third-order valence-electron chi connectivity index (χ3n) is 3.89. The molecule has 2 aromatic carbocycles. The number of nitrogens with zero attached hydrogens (tertiary/aromatic N) is 1. The fraction of sp³-hybridized carbons (Fsp3) is 0.278. The minimum atomic E-state index is -3.64. The van der Waals surface area contributed by atoms with Crippen molar-refractivity contribution in [1.29, 1.82) is 0 Å². The molecule has 134 valence electrons. The number of benzene rings is 2. The first-order valence-corrected chi connectivity index (χ1v) is 9.54. The molecular weight excluding hydrogens is 360 g/mol. The molecular formula is C18H21ClN2O3S. The van der Waals surface area contributed by atoms with Crippen molar-refractivity contribution in [3.63, 3.8) is 0 Å². The molecule has 1 unspecified atom stereocenters. The summed E-state index contributed by atoms with van der Waals surface area (Å²) in [6, 6.07) is 11.7. The maximum Gasteiger partial charge on any atom is 0.253 e. The van der Waals surface area contributed by atoms with E-state index in [1.807, 2.05) is 38.1 Å². The summed E-state index contributed by atoms with van der Waals surface area (Å²) < 4.78 is 25.6. The van der Waals surface area contributed by atoms with Crippen molar-refractivity contribution in [2.45, 2.75) is 24.8 Å². The molecule has 0 saturated heterocycles. The van der Waals surface area contributed by atoms with Crippen molar-refractivity contribution < 1.29 is 13.2 Å². The Bertz CT molecular complexity index is 878. The molecule has 1 N–H and O–H groups in total. The van der Waals surface area contributed by atoms with Crippen molar-refractivity contribution >= 4 is 27.5 Å². The zero-order valence-corrected chi connectivity index (χ0v) is 16.1. The maximum atomic E-state index is 12.6. The second-order valence-corrected chi connectivity index (χ2v) is 8.59. The van der Waals surface area contributed by atoms with Crippen LogP contribution < -0.4 is 5.32 Å².